The van der Waals surface area contributed by atoms with Crippen LogP contribution in [0.3, 0.4) is 0 Å². The summed E-state index contributed by atoms with van der Waals surface area (Å²) >= 11 is 0. The van der Waals surface area contributed by atoms with Crippen molar-refractivity contribution in [2.45, 2.75) is 44.2 Å². The summed E-state index contributed by atoms with van der Waals surface area (Å²) in [4.78, 5) is 0. The summed E-state index contributed by atoms with van der Waals surface area (Å²) in [5.74, 6) is 0.752. The number of phenolic OH excluding ortho intramolecular Hbond substituents is 1. The molecular formula is C15H24ClNO3. The number of benzene rings is 1. The van der Waals surface area contributed by atoms with Gasteiger partial charge in [-0.25, -0.2) is 0 Å². The summed E-state index contributed by atoms with van der Waals surface area (Å²) in [5, 5.41) is 20.1. The highest BCUT2D eigenvalue weighted by atomic mass is 35.5. The molecule has 2 atom stereocenters. The number of aliphatic hydroxyl groups excluding tert-OH is 1. The molecule has 4 nitrogen and oxygen atoms in total. The fourth-order valence-corrected chi connectivity index (χ4v) is 2.88. The van der Waals surface area contributed by atoms with Gasteiger partial charge in [-0.3, -0.25) is 0 Å². The Bertz CT molecular complexity index is 422. The van der Waals surface area contributed by atoms with Crippen molar-refractivity contribution >= 4 is 12.4 Å². The van der Waals surface area contributed by atoms with Gasteiger partial charge in [-0.15, -0.1) is 12.4 Å². The zero-order valence-corrected chi connectivity index (χ0v) is 12.6. The van der Waals surface area contributed by atoms with Crippen molar-refractivity contribution in [1.82, 2.24) is 0 Å². The van der Waals surface area contributed by atoms with E-state index in [9.17, 15) is 10.2 Å². The van der Waals surface area contributed by atoms with Gasteiger partial charge >= 0.3 is 0 Å². The molecule has 1 aromatic rings. The predicted octanol–water partition coefficient (Wildman–Crippen LogP) is 2.76. The summed E-state index contributed by atoms with van der Waals surface area (Å²) in [6.45, 7) is 0. The van der Waals surface area contributed by atoms with Gasteiger partial charge in [0.1, 0.15) is 0 Å². The second-order valence-electron chi connectivity index (χ2n) is 5.35. The number of ether oxygens (including phenoxy) is 1. The molecule has 0 heterocycles. The number of aromatic hydroxyl groups is 1. The Morgan fingerprint density at radius 3 is 2.45 bits per heavy atom. The van der Waals surface area contributed by atoms with Crippen molar-refractivity contribution < 1.29 is 14.9 Å². The zero-order chi connectivity index (χ0) is 13.8. The molecule has 0 aromatic heterocycles. The van der Waals surface area contributed by atoms with Crippen molar-refractivity contribution in [3.05, 3.63) is 23.8 Å². The number of methoxy groups -OCH3 is 1. The third-order valence-corrected chi connectivity index (χ3v) is 4.09. The van der Waals surface area contributed by atoms with E-state index in [4.69, 9.17) is 10.5 Å². The van der Waals surface area contributed by atoms with Crippen LogP contribution in [0.4, 0.5) is 0 Å². The quantitative estimate of drug-likeness (QED) is 0.799. The van der Waals surface area contributed by atoms with Crippen LogP contribution in [-0.2, 0) is 0 Å². The molecule has 0 spiro atoms. The lowest BCUT2D eigenvalue weighted by Crippen LogP contribution is -2.34. The van der Waals surface area contributed by atoms with E-state index in [2.05, 4.69) is 0 Å². The molecule has 4 N–H and O–H groups in total. The predicted molar refractivity (Wildman–Crippen MR) is 81.4 cm³/mol. The summed E-state index contributed by atoms with van der Waals surface area (Å²) in [7, 11) is 1.51. The molecule has 0 saturated heterocycles. The number of phenols is 1. The molecule has 0 bridgehead atoms. The van der Waals surface area contributed by atoms with Gasteiger partial charge in [0.05, 0.1) is 19.3 Å². The molecule has 0 radical (unpaired) electrons. The third kappa shape index (κ3) is 3.78. The van der Waals surface area contributed by atoms with Crippen molar-refractivity contribution in [1.29, 1.82) is 0 Å². The van der Waals surface area contributed by atoms with Crippen LogP contribution in [0, 0.1) is 5.92 Å². The Hall–Kier alpha value is -0.970. The average Bonchev–Trinajstić information content (AvgIpc) is 2.46. The van der Waals surface area contributed by atoms with Gasteiger partial charge in [0.25, 0.3) is 0 Å². The van der Waals surface area contributed by atoms with Crippen molar-refractivity contribution in [3.8, 4) is 11.5 Å². The van der Waals surface area contributed by atoms with Gasteiger partial charge in [-0.1, -0.05) is 25.3 Å². The van der Waals surface area contributed by atoms with Crippen LogP contribution in [0.15, 0.2) is 18.2 Å². The minimum Gasteiger partial charge on any atom is -0.504 e. The van der Waals surface area contributed by atoms with Gasteiger partial charge in [-0.2, -0.15) is 0 Å². The number of hydrogen-bond donors (Lipinski definition) is 3. The highest BCUT2D eigenvalue weighted by Crippen LogP contribution is 2.34. The number of rotatable bonds is 4. The molecule has 0 amide bonds. The van der Waals surface area contributed by atoms with Crippen LogP contribution in [-0.4, -0.2) is 23.4 Å². The number of hydrogen-bond acceptors (Lipinski definition) is 4. The van der Waals surface area contributed by atoms with E-state index >= 15 is 0 Å². The molecule has 0 aliphatic heterocycles. The molecule has 1 fully saturated rings. The van der Waals surface area contributed by atoms with Crippen LogP contribution >= 0.6 is 12.4 Å². The molecule has 2 rings (SSSR count). The van der Waals surface area contributed by atoms with Gasteiger partial charge in [-0.05, 0) is 36.5 Å². The van der Waals surface area contributed by atoms with Crippen LogP contribution < -0.4 is 10.5 Å². The minimum atomic E-state index is -0.548. The fourth-order valence-electron chi connectivity index (χ4n) is 2.88. The van der Waals surface area contributed by atoms with Gasteiger partial charge in [0, 0.05) is 0 Å². The summed E-state index contributed by atoms with van der Waals surface area (Å²) < 4.78 is 5.00. The Morgan fingerprint density at radius 2 is 1.90 bits per heavy atom. The lowest BCUT2D eigenvalue weighted by Gasteiger charge is -2.30. The van der Waals surface area contributed by atoms with E-state index < -0.39 is 12.1 Å². The van der Waals surface area contributed by atoms with E-state index in [-0.39, 0.29) is 24.1 Å². The average molecular weight is 302 g/mol. The van der Waals surface area contributed by atoms with E-state index in [1.54, 1.807) is 18.2 Å². The molecule has 5 heteroatoms. The lowest BCUT2D eigenvalue weighted by atomic mass is 9.81. The normalized spacial score (nSPS) is 18.9. The van der Waals surface area contributed by atoms with Crippen molar-refractivity contribution in [2.75, 3.05) is 7.11 Å². The topological polar surface area (TPSA) is 75.7 Å². The van der Waals surface area contributed by atoms with Gasteiger partial charge in [0.2, 0.25) is 0 Å². The molecule has 0 unspecified atom stereocenters. The Morgan fingerprint density at radius 1 is 1.25 bits per heavy atom. The molecule has 1 aliphatic rings. The Labute approximate surface area is 126 Å². The first kappa shape index (κ1) is 17.1. The smallest absolute Gasteiger partial charge is 0.160 e. The van der Waals surface area contributed by atoms with Crippen molar-refractivity contribution in [2.24, 2.45) is 11.7 Å². The SMILES string of the molecule is COc1ccc([C@H](N)[C@H](O)C2CCCCC2)cc1O.Cl. The maximum absolute atomic E-state index is 10.4. The largest absolute Gasteiger partial charge is 0.504 e. The lowest BCUT2D eigenvalue weighted by molar-refractivity contribution is 0.0617. The second kappa shape index (κ2) is 7.72. The molecule has 1 aliphatic carbocycles. The minimum absolute atomic E-state index is 0. The zero-order valence-electron chi connectivity index (χ0n) is 11.8. The first-order valence-electron chi connectivity index (χ1n) is 6.94. The number of aliphatic hydroxyl groups is 1. The summed E-state index contributed by atoms with van der Waals surface area (Å²) in [6, 6.07) is 4.60. The maximum atomic E-state index is 10.4. The highest BCUT2D eigenvalue weighted by Gasteiger charge is 2.27. The van der Waals surface area contributed by atoms with Crippen LogP contribution in [0.2, 0.25) is 0 Å². The van der Waals surface area contributed by atoms with Crippen molar-refractivity contribution in [3.63, 3.8) is 0 Å². The Balaban J connectivity index is 0.00000200. The number of nitrogens with two attached hydrogens (primary N) is 1. The monoisotopic (exact) mass is 301 g/mol. The third-order valence-electron chi connectivity index (χ3n) is 4.09. The molecule has 1 aromatic carbocycles. The van der Waals surface area contributed by atoms with Crippen LogP contribution in [0.5, 0.6) is 11.5 Å². The molecular weight excluding hydrogens is 278 g/mol. The Kier molecular flexibility index (Phi) is 6.59. The van der Waals surface area contributed by atoms with E-state index in [1.807, 2.05) is 0 Å². The van der Waals surface area contributed by atoms with E-state index in [0.717, 1.165) is 18.4 Å². The molecule has 1 saturated carbocycles. The van der Waals surface area contributed by atoms with Gasteiger partial charge < -0.3 is 20.7 Å². The molecule has 20 heavy (non-hydrogen) atoms. The number of halogens is 1. The van der Waals surface area contributed by atoms with E-state index in [1.165, 1.54) is 26.4 Å². The molecule has 114 valence electrons. The maximum Gasteiger partial charge on any atom is 0.160 e. The fraction of sp³-hybridized carbons (Fsp3) is 0.600. The van der Waals surface area contributed by atoms with E-state index in [0.29, 0.717) is 5.75 Å². The summed E-state index contributed by atoms with van der Waals surface area (Å²) in [5.41, 5.74) is 6.87. The van der Waals surface area contributed by atoms with Gasteiger partial charge in [0.15, 0.2) is 11.5 Å². The first-order valence-corrected chi connectivity index (χ1v) is 6.94. The standard InChI is InChI=1S/C15H23NO3.ClH/c1-19-13-8-7-11(9-12(13)17)14(16)15(18)10-5-3-2-4-6-10;/h7-10,14-15,17-18H,2-6,16H2,1H3;1H/t14-,15+;/m0./s1. The first-order chi connectivity index (χ1) is 9.13. The second-order valence-corrected chi connectivity index (χ2v) is 5.35. The van der Waals surface area contributed by atoms with Crippen LogP contribution in [0.25, 0.3) is 0 Å². The highest BCUT2D eigenvalue weighted by molar-refractivity contribution is 5.85. The van der Waals surface area contributed by atoms with Crippen LogP contribution in [0.1, 0.15) is 43.7 Å². The summed E-state index contributed by atoms with van der Waals surface area (Å²) in [6.07, 6.45) is 5.12.